The summed E-state index contributed by atoms with van der Waals surface area (Å²) in [7, 11) is 0. The summed E-state index contributed by atoms with van der Waals surface area (Å²) in [6.45, 7) is 35.9. The first kappa shape index (κ1) is 42.6. The molecule has 0 radical (unpaired) electrons. The highest BCUT2D eigenvalue weighted by atomic mass is 16.5. The summed E-state index contributed by atoms with van der Waals surface area (Å²) < 4.78 is 16.9. The highest BCUT2D eigenvalue weighted by Crippen LogP contribution is 2.60. The molecule has 1 aliphatic carbocycles. The lowest BCUT2D eigenvalue weighted by atomic mass is 9.66. The molecule has 2 aliphatic rings. The molecule has 0 bridgehead atoms. The molecule has 0 saturated heterocycles. The number of aryl methyl sites for hydroxylation is 6. The molecule has 2 atom stereocenters. The first-order valence-electron chi connectivity index (χ1n) is 22.8. The zero-order valence-corrected chi connectivity index (χ0v) is 40.5. The van der Waals surface area contributed by atoms with E-state index in [2.05, 4.69) is 200 Å². The molecular formula is C58H65N3O2. The SMILES string of the molecule is Cc1cc(C)c(-c2cc(Oc3cc(-n4c5ccc(C(C)(C)C)cc5c5cc(C)cnc54)cc(C(C)(C)C)c3)cc(C3=N[C@]4(C)c5cc(C)c(C)cc5C[C@]4(C(C)(C)C)O3)c2)c(C)c1. The summed E-state index contributed by atoms with van der Waals surface area (Å²) in [5.41, 5.74) is 17.3. The van der Waals surface area contributed by atoms with E-state index in [1.54, 1.807) is 0 Å². The fourth-order valence-electron chi connectivity index (χ4n) is 10.7. The third-order valence-electron chi connectivity index (χ3n) is 14.3. The lowest BCUT2D eigenvalue weighted by molar-refractivity contribution is -0.0673. The number of hydrogen-bond acceptors (Lipinski definition) is 4. The minimum absolute atomic E-state index is 0.0116. The van der Waals surface area contributed by atoms with Crippen molar-refractivity contribution in [2.24, 2.45) is 10.4 Å². The molecule has 324 valence electrons. The number of fused-ring (bicyclic) bond motifs is 6. The van der Waals surface area contributed by atoms with E-state index in [9.17, 15) is 0 Å². The smallest absolute Gasteiger partial charge is 0.217 e. The van der Waals surface area contributed by atoms with Crippen molar-refractivity contribution in [1.82, 2.24) is 9.55 Å². The molecule has 7 aromatic rings. The van der Waals surface area contributed by atoms with E-state index in [0.717, 1.165) is 56.8 Å². The summed E-state index contributed by atoms with van der Waals surface area (Å²) >= 11 is 0. The van der Waals surface area contributed by atoms with Crippen molar-refractivity contribution in [2.45, 2.75) is 139 Å². The number of benzene rings is 5. The summed E-state index contributed by atoms with van der Waals surface area (Å²) in [6.07, 6.45) is 2.77. The van der Waals surface area contributed by atoms with Gasteiger partial charge in [-0.1, -0.05) is 98.2 Å². The molecule has 9 rings (SSSR count). The summed E-state index contributed by atoms with van der Waals surface area (Å²) in [5, 5.41) is 2.35. The van der Waals surface area contributed by atoms with Gasteiger partial charge in [0.1, 0.15) is 28.3 Å². The van der Waals surface area contributed by atoms with E-state index in [0.29, 0.717) is 5.90 Å². The third kappa shape index (κ3) is 6.89. The highest BCUT2D eigenvalue weighted by Gasteiger charge is 2.66. The Hall–Kier alpha value is -5.68. The second-order valence-corrected chi connectivity index (χ2v) is 22.2. The molecule has 0 fully saturated rings. The normalized spacial score (nSPS) is 18.8. The van der Waals surface area contributed by atoms with Gasteiger partial charge in [-0.3, -0.25) is 4.57 Å². The number of nitrogens with zero attached hydrogens (tertiary/aromatic N) is 3. The average Bonchev–Trinajstić information content (AvgIpc) is 3.75. The second-order valence-electron chi connectivity index (χ2n) is 22.2. The zero-order valence-electron chi connectivity index (χ0n) is 40.5. The Labute approximate surface area is 375 Å². The molecule has 5 heteroatoms. The monoisotopic (exact) mass is 836 g/mol. The van der Waals surface area contributed by atoms with Gasteiger partial charge >= 0.3 is 0 Å². The van der Waals surface area contributed by atoms with E-state index in [-0.39, 0.29) is 16.2 Å². The first-order valence-corrected chi connectivity index (χ1v) is 22.8. The van der Waals surface area contributed by atoms with Gasteiger partial charge in [-0.15, -0.1) is 0 Å². The summed E-state index contributed by atoms with van der Waals surface area (Å²) in [6, 6.07) is 31.7. The van der Waals surface area contributed by atoms with Crippen molar-refractivity contribution in [3.05, 3.63) is 152 Å². The first-order chi connectivity index (χ1) is 29.4. The number of hydrogen-bond donors (Lipinski definition) is 0. The molecule has 0 amide bonds. The van der Waals surface area contributed by atoms with Crippen LogP contribution in [0.3, 0.4) is 0 Å². The van der Waals surface area contributed by atoms with Crippen LogP contribution in [0.25, 0.3) is 38.8 Å². The minimum Gasteiger partial charge on any atom is -0.467 e. The molecular weight excluding hydrogens is 771 g/mol. The molecule has 5 aromatic carbocycles. The van der Waals surface area contributed by atoms with Crippen LogP contribution in [-0.2, 0) is 27.5 Å². The maximum atomic E-state index is 7.40. The van der Waals surface area contributed by atoms with E-state index in [4.69, 9.17) is 19.5 Å². The lowest BCUT2D eigenvalue weighted by Crippen LogP contribution is -2.54. The van der Waals surface area contributed by atoms with Crippen LogP contribution in [0.4, 0.5) is 0 Å². The van der Waals surface area contributed by atoms with Gasteiger partial charge in [-0.2, -0.15) is 0 Å². The quantitative estimate of drug-likeness (QED) is 0.174. The number of ether oxygens (including phenoxy) is 2. The molecule has 63 heavy (non-hydrogen) atoms. The number of rotatable bonds is 5. The van der Waals surface area contributed by atoms with E-state index in [1.807, 2.05) is 6.20 Å². The van der Waals surface area contributed by atoms with Crippen LogP contribution >= 0.6 is 0 Å². The standard InChI is InChI=1S/C58H65N3O2/c1-33-19-37(5)51(38(6)20-33)39-24-40(53-60-57(16)49-23-36(4)35(3)22-41(49)31-58(57,63-53)56(13,14)15)26-45(25-39)62-46-28-43(55(10,11)12)27-44(30-46)61-50-18-17-42(54(7,8)9)29-47(50)48-21-34(2)32-59-52(48)61/h17-30,32H,31H2,1-16H3/t57-,58-/m1/s1. The highest BCUT2D eigenvalue weighted by molar-refractivity contribution is 6.08. The molecule has 5 nitrogen and oxygen atoms in total. The number of pyridine rings is 1. The Balaban J connectivity index is 1.24. The average molecular weight is 836 g/mol. The third-order valence-corrected chi connectivity index (χ3v) is 14.3. The van der Waals surface area contributed by atoms with Gasteiger partial charge in [-0.25, -0.2) is 9.98 Å². The molecule has 0 saturated carbocycles. The predicted octanol–water partition coefficient (Wildman–Crippen LogP) is 15.1. The van der Waals surface area contributed by atoms with Crippen molar-refractivity contribution < 1.29 is 9.47 Å². The molecule has 0 N–H and O–H groups in total. The Bertz CT molecular complexity index is 3050. The van der Waals surface area contributed by atoms with Gasteiger partial charge in [0.05, 0.1) is 11.2 Å². The number of aromatic nitrogens is 2. The van der Waals surface area contributed by atoms with Crippen LogP contribution in [0.15, 0.2) is 96.1 Å². The van der Waals surface area contributed by atoms with Gasteiger partial charge in [0.2, 0.25) is 5.90 Å². The van der Waals surface area contributed by atoms with Crippen molar-refractivity contribution in [3.8, 4) is 28.3 Å². The van der Waals surface area contributed by atoms with E-state index >= 15 is 0 Å². The summed E-state index contributed by atoms with van der Waals surface area (Å²) in [4.78, 5) is 10.7. The Kier molecular flexibility index (Phi) is 9.58. The zero-order chi connectivity index (χ0) is 45.3. The lowest BCUT2D eigenvalue weighted by Gasteiger charge is -2.45. The van der Waals surface area contributed by atoms with Crippen molar-refractivity contribution in [3.63, 3.8) is 0 Å². The van der Waals surface area contributed by atoms with Crippen molar-refractivity contribution in [1.29, 1.82) is 0 Å². The van der Waals surface area contributed by atoms with E-state index < -0.39 is 11.1 Å². The van der Waals surface area contributed by atoms with Crippen LogP contribution in [0.1, 0.15) is 130 Å². The Morgan fingerprint density at radius 2 is 1.27 bits per heavy atom. The van der Waals surface area contributed by atoms with Gasteiger partial charge in [0.15, 0.2) is 0 Å². The summed E-state index contributed by atoms with van der Waals surface area (Å²) in [5.74, 6) is 2.15. The molecule has 3 heterocycles. The fraction of sp³-hybridized carbons (Fsp3) is 0.379. The van der Waals surface area contributed by atoms with Crippen LogP contribution in [0, 0.1) is 47.0 Å². The van der Waals surface area contributed by atoms with Crippen LogP contribution in [0.5, 0.6) is 11.5 Å². The van der Waals surface area contributed by atoms with Crippen LogP contribution in [-0.4, -0.2) is 21.0 Å². The van der Waals surface area contributed by atoms with E-state index in [1.165, 1.54) is 61.0 Å². The van der Waals surface area contributed by atoms with Gasteiger partial charge in [0.25, 0.3) is 0 Å². The maximum absolute atomic E-state index is 7.40. The van der Waals surface area contributed by atoms with Crippen LogP contribution < -0.4 is 4.74 Å². The van der Waals surface area contributed by atoms with Gasteiger partial charge < -0.3 is 9.47 Å². The Morgan fingerprint density at radius 3 is 1.94 bits per heavy atom. The largest absolute Gasteiger partial charge is 0.467 e. The molecule has 2 aromatic heterocycles. The molecule has 0 spiro atoms. The minimum atomic E-state index is -0.570. The predicted molar refractivity (Wildman–Crippen MR) is 264 cm³/mol. The van der Waals surface area contributed by atoms with Crippen molar-refractivity contribution >= 4 is 27.8 Å². The topological polar surface area (TPSA) is 48.6 Å². The van der Waals surface area contributed by atoms with Gasteiger partial charge in [-0.05, 0) is 169 Å². The fourth-order valence-corrected chi connectivity index (χ4v) is 10.7. The molecule has 0 unspecified atom stereocenters. The second kappa shape index (κ2) is 14.2. The van der Waals surface area contributed by atoms with Gasteiger partial charge in [0, 0.05) is 40.4 Å². The van der Waals surface area contributed by atoms with Crippen LogP contribution in [0.2, 0.25) is 0 Å². The Morgan fingerprint density at radius 1 is 0.619 bits per heavy atom. The number of aliphatic imine (C=N–C) groups is 1. The van der Waals surface area contributed by atoms with Crippen molar-refractivity contribution in [2.75, 3.05) is 0 Å². The maximum Gasteiger partial charge on any atom is 0.217 e. The molecule has 1 aliphatic heterocycles.